The van der Waals surface area contributed by atoms with E-state index in [9.17, 15) is 4.79 Å². The van der Waals surface area contributed by atoms with Crippen molar-refractivity contribution in [1.82, 2.24) is 0 Å². The summed E-state index contributed by atoms with van der Waals surface area (Å²) in [6, 6.07) is 0. The normalized spacial score (nSPS) is 19.2. The Bertz CT molecular complexity index is 256. The van der Waals surface area contributed by atoms with E-state index >= 15 is 0 Å². The highest BCUT2D eigenvalue weighted by atomic mass is 16.1. The first-order valence-corrected chi connectivity index (χ1v) is 5.02. The highest BCUT2D eigenvalue weighted by Crippen LogP contribution is 2.22. The summed E-state index contributed by atoms with van der Waals surface area (Å²) in [4.78, 5) is 11.4. The van der Waals surface area contributed by atoms with E-state index in [1.165, 1.54) is 5.57 Å². The van der Waals surface area contributed by atoms with Gasteiger partial charge in [-0.25, -0.2) is 0 Å². The third-order valence-electron chi connectivity index (χ3n) is 2.43. The summed E-state index contributed by atoms with van der Waals surface area (Å²) in [6.07, 6.45) is 7.12. The smallest absolute Gasteiger partial charge is 0.158 e. The molecule has 0 aromatic heterocycles. The molecule has 0 radical (unpaired) electrons. The number of Topliss-reactive ketones (excluding diaryl/α,β-unsaturated/α-hetero) is 1. The van der Waals surface area contributed by atoms with Crippen molar-refractivity contribution in [2.75, 3.05) is 0 Å². The second-order valence-corrected chi connectivity index (χ2v) is 4.03. The van der Waals surface area contributed by atoms with Crippen molar-refractivity contribution in [3.63, 3.8) is 0 Å². The highest BCUT2D eigenvalue weighted by molar-refractivity contribution is 5.96. The van der Waals surface area contributed by atoms with E-state index in [1.807, 2.05) is 6.92 Å². The van der Waals surface area contributed by atoms with Gasteiger partial charge in [0.15, 0.2) is 5.78 Å². The molecule has 1 heteroatoms. The van der Waals surface area contributed by atoms with Crippen LogP contribution in [0.5, 0.6) is 0 Å². The van der Waals surface area contributed by atoms with Gasteiger partial charge in [-0.3, -0.25) is 4.79 Å². The summed E-state index contributed by atoms with van der Waals surface area (Å²) >= 11 is 0. The van der Waals surface area contributed by atoms with Crippen LogP contribution < -0.4 is 0 Å². The Hall–Kier alpha value is -0.850. The first-order valence-electron chi connectivity index (χ1n) is 5.02. The Labute approximate surface area is 80.5 Å². The van der Waals surface area contributed by atoms with Crippen LogP contribution in [0.25, 0.3) is 0 Å². The van der Waals surface area contributed by atoms with E-state index < -0.39 is 0 Å². The van der Waals surface area contributed by atoms with E-state index in [0.717, 1.165) is 24.8 Å². The van der Waals surface area contributed by atoms with Crippen LogP contribution in [0.2, 0.25) is 0 Å². The largest absolute Gasteiger partial charge is 0.295 e. The summed E-state index contributed by atoms with van der Waals surface area (Å²) < 4.78 is 0. The molecular weight excluding hydrogens is 160 g/mol. The van der Waals surface area contributed by atoms with E-state index in [2.05, 4.69) is 26.0 Å². The van der Waals surface area contributed by atoms with Crippen molar-refractivity contribution in [2.45, 2.75) is 40.0 Å². The highest BCUT2D eigenvalue weighted by Gasteiger charge is 2.14. The topological polar surface area (TPSA) is 17.1 Å². The molecule has 0 bridgehead atoms. The predicted molar refractivity (Wildman–Crippen MR) is 55.5 cm³/mol. The lowest BCUT2D eigenvalue weighted by Gasteiger charge is -2.13. The van der Waals surface area contributed by atoms with Gasteiger partial charge in [0.25, 0.3) is 0 Å². The standard InChI is InChI=1S/C12H18O/c1-9(2)7-8-11-5-4-6-12(13)10(11)3/h7-9H,4-6H2,1-3H3/b8-7-. The molecule has 0 unspecified atom stereocenters. The van der Waals surface area contributed by atoms with Crippen LogP contribution in [0.15, 0.2) is 23.3 Å². The fraction of sp³-hybridized carbons (Fsp3) is 0.583. The summed E-state index contributed by atoms with van der Waals surface area (Å²) in [5, 5.41) is 0. The molecule has 0 amide bonds. The first-order chi connectivity index (χ1) is 6.11. The average Bonchev–Trinajstić information content (AvgIpc) is 2.07. The van der Waals surface area contributed by atoms with Gasteiger partial charge in [-0.15, -0.1) is 0 Å². The Kier molecular flexibility index (Phi) is 3.47. The summed E-state index contributed by atoms with van der Waals surface area (Å²) in [7, 11) is 0. The van der Waals surface area contributed by atoms with E-state index in [0.29, 0.717) is 11.7 Å². The molecule has 0 aliphatic heterocycles. The quantitative estimate of drug-likeness (QED) is 0.634. The van der Waals surface area contributed by atoms with E-state index in [-0.39, 0.29) is 0 Å². The number of carbonyl (C=O) groups is 1. The Morgan fingerprint density at radius 1 is 1.31 bits per heavy atom. The summed E-state index contributed by atoms with van der Waals surface area (Å²) in [5.41, 5.74) is 2.22. The lowest BCUT2D eigenvalue weighted by molar-refractivity contribution is -0.116. The van der Waals surface area contributed by atoms with E-state index in [4.69, 9.17) is 0 Å². The third-order valence-corrected chi connectivity index (χ3v) is 2.43. The van der Waals surface area contributed by atoms with Crippen molar-refractivity contribution < 1.29 is 4.79 Å². The van der Waals surface area contributed by atoms with Gasteiger partial charge in [0, 0.05) is 6.42 Å². The monoisotopic (exact) mass is 178 g/mol. The van der Waals surface area contributed by atoms with Crippen LogP contribution in [-0.4, -0.2) is 5.78 Å². The predicted octanol–water partition coefficient (Wildman–Crippen LogP) is 3.27. The van der Waals surface area contributed by atoms with Gasteiger partial charge >= 0.3 is 0 Å². The molecule has 72 valence electrons. The number of ketones is 1. The molecule has 0 saturated carbocycles. The second-order valence-electron chi connectivity index (χ2n) is 4.03. The van der Waals surface area contributed by atoms with Crippen molar-refractivity contribution in [1.29, 1.82) is 0 Å². The Morgan fingerprint density at radius 2 is 2.00 bits per heavy atom. The van der Waals surface area contributed by atoms with Crippen LogP contribution >= 0.6 is 0 Å². The average molecular weight is 178 g/mol. The maximum atomic E-state index is 11.4. The molecule has 0 saturated heterocycles. The minimum absolute atomic E-state index is 0.328. The van der Waals surface area contributed by atoms with Gasteiger partial charge in [-0.05, 0) is 36.8 Å². The van der Waals surface area contributed by atoms with Gasteiger partial charge in [0.05, 0.1) is 0 Å². The number of hydrogen-bond acceptors (Lipinski definition) is 1. The lowest BCUT2D eigenvalue weighted by atomic mass is 9.91. The fourth-order valence-corrected chi connectivity index (χ4v) is 1.51. The molecule has 1 aliphatic carbocycles. The van der Waals surface area contributed by atoms with Crippen LogP contribution in [0.3, 0.4) is 0 Å². The van der Waals surface area contributed by atoms with Crippen LogP contribution in [-0.2, 0) is 4.79 Å². The molecule has 1 rings (SSSR count). The van der Waals surface area contributed by atoms with Gasteiger partial charge < -0.3 is 0 Å². The van der Waals surface area contributed by atoms with Crippen molar-refractivity contribution in [2.24, 2.45) is 5.92 Å². The molecule has 0 heterocycles. The van der Waals surface area contributed by atoms with E-state index in [1.54, 1.807) is 0 Å². The third kappa shape index (κ3) is 2.83. The van der Waals surface area contributed by atoms with Crippen LogP contribution in [0, 0.1) is 5.92 Å². The van der Waals surface area contributed by atoms with Gasteiger partial charge in [-0.1, -0.05) is 26.0 Å². The van der Waals surface area contributed by atoms with Crippen LogP contribution in [0.4, 0.5) is 0 Å². The lowest BCUT2D eigenvalue weighted by Crippen LogP contribution is -2.08. The van der Waals surface area contributed by atoms with Gasteiger partial charge in [-0.2, -0.15) is 0 Å². The zero-order chi connectivity index (χ0) is 9.84. The van der Waals surface area contributed by atoms with Crippen molar-refractivity contribution in [3.05, 3.63) is 23.3 Å². The zero-order valence-electron chi connectivity index (χ0n) is 8.76. The number of hydrogen-bond donors (Lipinski definition) is 0. The molecule has 0 aromatic rings. The molecule has 0 N–H and O–H groups in total. The first kappa shape index (κ1) is 10.2. The summed E-state index contributed by atoms with van der Waals surface area (Å²) in [6.45, 7) is 6.25. The molecule has 13 heavy (non-hydrogen) atoms. The summed E-state index contributed by atoms with van der Waals surface area (Å²) in [5.74, 6) is 0.895. The molecule has 0 fully saturated rings. The number of allylic oxidation sites excluding steroid dienone is 4. The number of rotatable bonds is 2. The number of carbonyl (C=O) groups excluding carboxylic acids is 1. The minimum Gasteiger partial charge on any atom is -0.295 e. The van der Waals surface area contributed by atoms with Gasteiger partial charge in [0.1, 0.15) is 0 Å². The maximum Gasteiger partial charge on any atom is 0.158 e. The van der Waals surface area contributed by atoms with Crippen LogP contribution in [0.1, 0.15) is 40.0 Å². The molecule has 0 spiro atoms. The Balaban J connectivity index is 2.77. The molecule has 1 aliphatic rings. The maximum absolute atomic E-state index is 11.4. The SMILES string of the molecule is CC1=C(/C=C\C(C)C)CCCC1=O. The Morgan fingerprint density at radius 3 is 2.62 bits per heavy atom. The second kappa shape index (κ2) is 4.40. The minimum atomic E-state index is 0.328. The molecule has 0 atom stereocenters. The van der Waals surface area contributed by atoms with Crippen molar-refractivity contribution >= 4 is 5.78 Å². The zero-order valence-corrected chi connectivity index (χ0v) is 8.76. The molecule has 0 aromatic carbocycles. The van der Waals surface area contributed by atoms with Crippen molar-refractivity contribution in [3.8, 4) is 0 Å². The van der Waals surface area contributed by atoms with Gasteiger partial charge in [0.2, 0.25) is 0 Å². The fourth-order valence-electron chi connectivity index (χ4n) is 1.51. The molecular formula is C12H18O. The molecule has 1 nitrogen and oxygen atoms in total.